The number of hydrogen-bond donors (Lipinski definition) is 3. The van der Waals surface area contributed by atoms with Gasteiger partial charge in [0.1, 0.15) is 5.69 Å². The summed E-state index contributed by atoms with van der Waals surface area (Å²) in [6, 6.07) is 9.02. The van der Waals surface area contributed by atoms with Crippen LogP contribution in [0.5, 0.6) is 0 Å². The first kappa shape index (κ1) is 17.9. The Bertz CT molecular complexity index is 1040. The minimum Gasteiger partial charge on any atom is -0.357 e. The van der Waals surface area contributed by atoms with Crippen LogP contribution in [0.4, 0.5) is 0 Å². The number of likely N-dealkylation sites (tertiary alicyclic amines) is 1. The van der Waals surface area contributed by atoms with Crippen molar-refractivity contribution in [2.75, 3.05) is 19.6 Å². The average Bonchev–Trinajstić information content (AvgIpc) is 3.42. The summed E-state index contributed by atoms with van der Waals surface area (Å²) in [6.45, 7) is 3.09. The van der Waals surface area contributed by atoms with Gasteiger partial charge in [-0.05, 0) is 30.5 Å². The molecule has 29 heavy (non-hydrogen) atoms. The highest BCUT2D eigenvalue weighted by molar-refractivity contribution is 5.92. The van der Waals surface area contributed by atoms with Crippen LogP contribution in [0, 0.1) is 5.92 Å². The number of carbonyl (C=O) groups excluding carboxylic acids is 1. The van der Waals surface area contributed by atoms with E-state index >= 15 is 0 Å². The van der Waals surface area contributed by atoms with Crippen molar-refractivity contribution >= 4 is 5.91 Å². The van der Waals surface area contributed by atoms with E-state index in [1.807, 2.05) is 23.0 Å². The highest BCUT2D eigenvalue weighted by Crippen LogP contribution is 2.41. The van der Waals surface area contributed by atoms with Crippen molar-refractivity contribution in [1.82, 2.24) is 30.0 Å². The smallest absolute Gasteiger partial charge is 0.267 e. The number of pyridine rings is 1. The van der Waals surface area contributed by atoms with E-state index in [1.165, 1.54) is 0 Å². The zero-order valence-electron chi connectivity index (χ0n) is 16.0. The van der Waals surface area contributed by atoms with Gasteiger partial charge in [0.25, 0.3) is 11.5 Å². The fourth-order valence-electron chi connectivity index (χ4n) is 4.91. The molecule has 2 bridgehead atoms. The minimum atomic E-state index is -0.145. The monoisotopic (exact) mass is 392 g/mol. The maximum absolute atomic E-state index is 12.7. The van der Waals surface area contributed by atoms with Crippen LogP contribution in [0.2, 0.25) is 0 Å². The molecule has 8 heteroatoms. The van der Waals surface area contributed by atoms with E-state index in [4.69, 9.17) is 0 Å². The lowest BCUT2D eigenvalue weighted by Crippen LogP contribution is -2.51. The Hall–Kier alpha value is -3.13. The molecule has 0 saturated carbocycles. The second-order valence-corrected chi connectivity index (χ2v) is 8.01. The molecule has 1 fully saturated rings. The fourth-order valence-corrected chi connectivity index (χ4v) is 4.91. The Kier molecular flexibility index (Phi) is 4.55. The van der Waals surface area contributed by atoms with Gasteiger partial charge in [-0.15, -0.1) is 0 Å². The molecule has 1 amide bonds. The molecule has 0 aromatic carbocycles. The third-order valence-electron chi connectivity index (χ3n) is 6.15. The number of fused-ring (bicyclic) bond motifs is 4. The molecule has 3 N–H and O–H groups in total. The molecule has 150 valence electrons. The van der Waals surface area contributed by atoms with Crippen molar-refractivity contribution in [3.05, 3.63) is 76.2 Å². The van der Waals surface area contributed by atoms with E-state index < -0.39 is 0 Å². The number of nitrogens with zero attached hydrogens (tertiary/aromatic N) is 3. The Labute approximate surface area is 167 Å². The van der Waals surface area contributed by atoms with E-state index in [0.717, 1.165) is 37.3 Å². The Balaban J connectivity index is 1.41. The van der Waals surface area contributed by atoms with Crippen molar-refractivity contribution in [3.63, 3.8) is 0 Å². The van der Waals surface area contributed by atoms with Gasteiger partial charge in [0.2, 0.25) is 0 Å². The lowest BCUT2D eigenvalue weighted by Gasteiger charge is -2.47. The zero-order valence-corrected chi connectivity index (χ0v) is 16.0. The van der Waals surface area contributed by atoms with Crippen LogP contribution < -0.4 is 10.9 Å². The number of H-pyrrole nitrogens is 2. The first-order valence-electron chi connectivity index (χ1n) is 10.0. The predicted octanol–water partition coefficient (Wildman–Crippen LogP) is 1.49. The molecule has 3 aromatic rings. The van der Waals surface area contributed by atoms with Crippen LogP contribution in [-0.2, 0) is 6.54 Å². The average molecular weight is 392 g/mol. The van der Waals surface area contributed by atoms with Gasteiger partial charge in [0, 0.05) is 61.8 Å². The van der Waals surface area contributed by atoms with Crippen molar-refractivity contribution in [2.45, 2.75) is 24.9 Å². The number of nitrogens with one attached hydrogen (secondary N) is 3. The Morgan fingerprint density at radius 3 is 2.97 bits per heavy atom. The van der Waals surface area contributed by atoms with E-state index in [2.05, 4.69) is 31.5 Å². The first-order chi connectivity index (χ1) is 14.2. The third-order valence-corrected chi connectivity index (χ3v) is 6.15. The molecule has 2 aliphatic rings. The summed E-state index contributed by atoms with van der Waals surface area (Å²) in [7, 11) is 0. The summed E-state index contributed by atoms with van der Waals surface area (Å²) >= 11 is 0. The summed E-state index contributed by atoms with van der Waals surface area (Å²) in [5, 5.41) is 9.95. The second-order valence-electron chi connectivity index (χ2n) is 8.01. The molecule has 0 unspecified atom stereocenters. The summed E-state index contributed by atoms with van der Waals surface area (Å²) in [4.78, 5) is 30.5. The van der Waals surface area contributed by atoms with Gasteiger partial charge in [-0.3, -0.25) is 19.6 Å². The normalized spacial score (nSPS) is 23.5. The number of aromatic amines is 2. The quantitative estimate of drug-likeness (QED) is 0.613. The van der Waals surface area contributed by atoms with Gasteiger partial charge in [-0.1, -0.05) is 6.07 Å². The molecular weight excluding hydrogens is 368 g/mol. The van der Waals surface area contributed by atoms with Gasteiger partial charge in [0.05, 0.1) is 12.2 Å². The molecule has 2 aliphatic heterocycles. The number of aromatic nitrogens is 4. The van der Waals surface area contributed by atoms with Gasteiger partial charge in [0.15, 0.2) is 0 Å². The summed E-state index contributed by atoms with van der Waals surface area (Å²) in [5.74, 6) is 0.482. The summed E-state index contributed by atoms with van der Waals surface area (Å²) in [5.41, 5.74) is 2.78. The standard InChI is InChI=1S/C21H24N6O2/c28-20-5-1-4-18-15-7-16(13-26(12-15)11-14-8-24-25-9-14)19(27(18)20)10-23-21(29)17-3-2-6-22-17/h1-6,8-9,15-16,19,22H,7,10-13H2,(H,23,29)(H,24,25)/t15-,16+,19+/m1/s1. The van der Waals surface area contributed by atoms with Crippen LogP contribution in [-0.4, -0.2) is 50.2 Å². The Morgan fingerprint density at radius 1 is 1.24 bits per heavy atom. The van der Waals surface area contributed by atoms with E-state index in [-0.39, 0.29) is 17.5 Å². The van der Waals surface area contributed by atoms with Crippen LogP contribution in [0.25, 0.3) is 0 Å². The summed E-state index contributed by atoms with van der Waals surface area (Å²) < 4.78 is 1.92. The molecule has 0 radical (unpaired) electrons. The van der Waals surface area contributed by atoms with Crippen LogP contribution in [0.1, 0.15) is 40.1 Å². The van der Waals surface area contributed by atoms with Gasteiger partial charge in [-0.25, -0.2) is 0 Å². The van der Waals surface area contributed by atoms with Crippen molar-refractivity contribution in [2.24, 2.45) is 5.92 Å². The van der Waals surface area contributed by atoms with Gasteiger partial charge in [-0.2, -0.15) is 5.10 Å². The SMILES string of the molecule is O=C(NC[C@H]1[C@H]2C[C@H](CN(Cc3cn[nH]c3)C2)c2cccc(=O)n21)c1ccc[nH]1. The molecular formula is C21H24N6O2. The summed E-state index contributed by atoms with van der Waals surface area (Å²) in [6.07, 6.45) is 6.55. The number of rotatable bonds is 5. The zero-order chi connectivity index (χ0) is 19.8. The number of amides is 1. The number of hydrogen-bond acceptors (Lipinski definition) is 4. The maximum Gasteiger partial charge on any atom is 0.267 e. The molecule has 0 aliphatic carbocycles. The van der Waals surface area contributed by atoms with Crippen LogP contribution in [0.15, 0.2) is 53.7 Å². The highest BCUT2D eigenvalue weighted by Gasteiger charge is 2.40. The molecule has 3 atom stereocenters. The van der Waals surface area contributed by atoms with Crippen molar-refractivity contribution in [1.29, 1.82) is 0 Å². The third kappa shape index (κ3) is 3.40. The first-order valence-corrected chi connectivity index (χ1v) is 10.0. The second kappa shape index (κ2) is 7.36. The van der Waals surface area contributed by atoms with Crippen LogP contribution >= 0.6 is 0 Å². The largest absolute Gasteiger partial charge is 0.357 e. The van der Waals surface area contributed by atoms with E-state index in [0.29, 0.717) is 24.1 Å². The molecule has 0 spiro atoms. The molecule has 8 nitrogen and oxygen atoms in total. The van der Waals surface area contributed by atoms with Gasteiger partial charge < -0.3 is 14.9 Å². The highest BCUT2D eigenvalue weighted by atomic mass is 16.2. The lowest BCUT2D eigenvalue weighted by atomic mass is 9.78. The van der Waals surface area contributed by atoms with Crippen molar-refractivity contribution in [3.8, 4) is 0 Å². The predicted molar refractivity (Wildman–Crippen MR) is 108 cm³/mol. The van der Waals surface area contributed by atoms with E-state index in [9.17, 15) is 9.59 Å². The van der Waals surface area contributed by atoms with Crippen molar-refractivity contribution < 1.29 is 4.79 Å². The number of piperidine rings is 1. The van der Waals surface area contributed by atoms with Gasteiger partial charge >= 0.3 is 0 Å². The minimum absolute atomic E-state index is 0.0135. The maximum atomic E-state index is 12.7. The Morgan fingerprint density at radius 2 is 2.17 bits per heavy atom. The lowest BCUT2D eigenvalue weighted by molar-refractivity contribution is 0.0788. The van der Waals surface area contributed by atoms with E-state index in [1.54, 1.807) is 24.4 Å². The molecule has 1 saturated heterocycles. The molecule has 3 aromatic heterocycles. The topological polar surface area (TPSA) is 98.8 Å². The molecule has 5 rings (SSSR count). The van der Waals surface area contributed by atoms with Crippen LogP contribution in [0.3, 0.4) is 0 Å². The molecule has 5 heterocycles. The number of carbonyl (C=O) groups is 1. The fraction of sp³-hybridized carbons (Fsp3) is 0.381.